The van der Waals surface area contributed by atoms with Crippen LogP contribution in [-0.4, -0.2) is 29.5 Å². The summed E-state index contributed by atoms with van der Waals surface area (Å²) in [5.74, 6) is 0.439. The summed E-state index contributed by atoms with van der Waals surface area (Å²) in [7, 11) is 0. The normalized spacial score (nSPS) is 12.4. The van der Waals surface area contributed by atoms with E-state index in [4.69, 9.17) is 9.84 Å². The average molecular weight is 270 g/mol. The van der Waals surface area contributed by atoms with Crippen LogP contribution in [-0.2, 0) is 6.42 Å². The quantitative estimate of drug-likeness (QED) is 0.678. The van der Waals surface area contributed by atoms with Gasteiger partial charge in [0.25, 0.3) is 0 Å². The molecule has 0 radical (unpaired) electrons. The Hall–Kier alpha value is -1.13. The zero-order valence-corrected chi connectivity index (χ0v) is 11.4. The summed E-state index contributed by atoms with van der Waals surface area (Å²) < 4.78 is 18.9. The van der Waals surface area contributed by atoms with Gasteiger partial charge in [0.05, 0.1) is 19.3 Å². The first-order chi connectivity index (χ1) is 9.17. The average Bonchev–Trinajstić information content (AvgIpc) is 2.41. The summed E-state index contributed by atoms with van der Waals surface area (Å²) in [5, 5.41) is 18.0. The van der Waals surface area contributed by atoms with Crippen LogP contribution in [0, 0.1) is 5.82 Å². The molecule has 0 spiro atoms. The van der Waals surface area contributed by atoms with E-state index in [9.17, 15) is 9.50 Å². The number of halogens is 1. The summed E-state index contributed by atoms with van der Waals surface area (Å²) in [6.07, 6.45) is 3.16. The first-order valence-corrected chi connectivity index (χ1v) is 6.87. The Morgan fingerprint density at radius 2 is 2.11 bits per heavy atom. The van der Waals surface area contributed by atoms with E-state index >= 15 is 0 Å². The summed E-state index contributed by atoms with van der Waals surface area (Å²) in [6, 6.07) is 4.53. The Kier molecular flexibility index (Phi) is 7.45. The highest BCUT2D eigenvalue weighted by molar-refractivity contribution is 5.34. The zero-order chi connectivity index (χ0) is 14.1. The minimum absolute atomic E-state index is 0.233. The van der Waals surface area contributed by atoms with Gasteiger partial charge >= 0.3 is 0 Å². The fraction of sp³-hybridized carbons (Fsp3) is 0.600. The van der Waals surface area contributed by atoms with Crippen LogP contribution in [0.15, 0.2) is 18.2 Å². The number of aliphatic hydroxyl groups excluding tert-OH is 2. The smallest absolute Gasteiger partial charge is 0.123 e. The molecular weight excluding hydrogens is 247 g/mol. The number of hydrogen-bond acceptors (Lipinski definition) is 3. The Morgan fingerprint density at radius 1 is 1.32 bits per heavy atom. The van der Waals surface area contributed by atoms with Crippen molar-refractivity contribution in [1.29, 1.82) is 0 Å². The number of benzene rings is 1. The molecule has 19 heavy (non-hydrogen) atoms. The lowest BCUT2D eigenvalue weighted by Crippen LogP contribution is -2.11. The van der Waals surface area contributed by atoms with Gasteiger partial charge in [0.1, 0.15) is 11.6 Å². The lowest BCUT2D eigenvalue weighted by atomic mass is 10.0. The first-order valence-electron chi connectivity index (χ1n) is 6.87. The molecule has 1 aromatic rings. The van der Waals surface area contributed by atoms with Gasteiger partial charge in [-0.05, 0) is 49.4 Å². The Bertz CT molecular complexity index is 368. The number of ether oxygens (including phenoxy) is 1. The molecule has 0 fully saturated rings. The third-order valence-corrected chi connectivity index (χ3v) is 2.97. The van der Waals surface area contributed by atoms with Crippen LogP contribution in [0.5, 0.6) is 5.75 Å². The minimum atomic E-state index is -0.696. The maximum atomic E-state index is 13.2. The summed E-state index contributed by atoms with van der Waals surface area (Å²) >= 11 is 0. The van der Waals surface area contributed by atoms with Crippen molar-refractivity contribution in [2.75, 3.05) is 13.2 Å². The highest BCUT2D eigenvalue weighted by atomic mass is 19.1. The lowest BCUT2D eigenvalue weighted by Gasteiger charge is -2.12. The highest BCUT2D eigenvalue weighted by Crippen LogP contribution is 2.22. The molecule has 0 aromatic heterocycles. The zero-order valence-electron chi connectivity index (χ0n) is 11.4. The van der Waals surface area contributed by atoms with Gasteiger partial charge in [-0.15, -0.1) is 0 Å². The fourth-order valence-corrected chi connectivity index (χ4v) is 1.83. The summed E-state index contributed by atoms with van der Waals surface area (Å²) in [5.41, 5.74) is 0.821. The predicted octanol–water partition coefficient (Wildman–Crippen LogP) is 2.68. The van der Waals surface area contributed by atoms with Crippen LogP contribution in [0.25, 0.3) is 0 Å². The van der Waals surface area contributed by atoms with E-state index in [0.29, 0.717) is 31.6 Å². The van der Waals surface area contributed by atoms with Crippen molar-refractivity contribution in [3.63, 3.8) is 0 Å². The Labute approximate surface area is 114 Å². The maximum absolute atomic E-state index is 13.2. The monoisotopic (exact) mass is 270 g/mol. The van der Waals surface area contributed by atoms with E-state index in [-0.39, 0.29) is 12.4 Å². The number of hydrogen-bond donors (Lipinski definition) is 2. The number of unbranched alkanes of at least 4 members (excludes halogenated alkanes) is 1. The third kappa shape index (κ3) is 6.03. The van der Waals surface area contributed by atoms with Gasteiger partial charge in [0.15, 0.2) is 0 Å². The van der Waals surface area contributed by atoms with Gasteiger partial charge in [-0.2, -0.15) is 0 Å². The van der Waals surface area contributed by atoms with Crippen LogP contribution >= 0.6 is 0 Å². The van der Waals surface area contributed by atoms with E-state index in [2.05, 4.69) is 6.92 Å². The highest BCUT2D eigenvalue weighted by Gasteiger charge is 2.07. The van der Waals surface area contributed by atoms with Gasteiger partial charge in [-0.25, -0.2) is 4.39 Å². The number of aryl methyl sites for hydroxylation is 1. The van der Waals surface area contributed by atoms with Crippen LogP contribution in [0.2, 0.25) is 0 Å². The van der Waals surface area contributed by atoms with Crippen LogP contribution < -0.4 is 4.74 Å². The van der Waals surface area contributed by atoms with E-state index in [0.717, 1.165) is 18.4 Å². The van der Waals surface area contributed by atoms with E-state index in [1.807, 2.05) is 0 Å². The Morgan fingerprint density at radius 3 is 2.79 bits per heavy atom. The molecule has 108 valence electrons. The molecule has 0 aliphatic rings. The van der Waals surface area contributed by atoms with E-state index < -0.39 is 6.10 Å². The third-order valence-electron chi connectivity index (χ3n) is 2.97. The van der Waals surface area contributed by atoms with Crippen molar-refractivity contribution in [2.45, 2.75) is 45.1 Å². The van der Waals surface area contributed by atoms with Crippen LogP contribution in [0.4, 0.5) is 4.39 Å². The second-order valence-electron chi connectivity index (χ2n) is 4.68. The molecule has 0 saturated carbocycles. The van der Waals surface area contributed by atoms with Crippen LogP contribution in [0.3, 0.4) is 0 Å². The van der Waals surface area contributed by atoms with Crippen LogP contribution in [0.1, 0.15) is 38.2 Å². The molecule has 0 amide bonds. The molecule has 2 N–H and O–H groups in total. The molecule has 0 aliphatic heterocycles. The van der Waals surface area contributed by atoms with Crippen molar-refractivity contribution in [1.82, 2.24) is 0 Å². The molecule has 1 rings (SSSR count). The van der Waals surface area contributed by atoms with Gasteiger partial charge in [0.2, 0.25) is 0 Å². The molecule has 1 unspecified atom stereocenters. The topological polar surface area (TPSA) is 49.7 Å². The first kappa shape index (κ1) is 15.9. The van der Waals surface area contributed by atoms with Crippen molar-refractivity contribution in [3.05, 3.63) is 29.6 Å². The maximum Gasteiger partial charge on any atom is 0.123 e. The molecule has 0 bridgehead atoms. The number of aliphatic hydroxyl groups is 2. The van der Waals surface area contributed by atoms with E-state index in [1.54, 1.807) is 6.07 Å². The van der Waals surface area contributed by atoms with Gasteiger partial charge in [-0.1, -0.05) is 13.3 Å². The molecule has 0 aliphatic carbocycles. The predicted molar refractivity (Wildman–Crippen MR) is 72.8 cm³/mol. The standard InChI is InChI=1S/C15H23FO3/c1-2-3-9-19-15-8-7-13(16)10-12(15)5-4-6-14(18)11-17/h7-8,10,14,17-18H,2-6,9,11H2,1H3. The molecular formula is C15H23FO3. The Balaban J connectivity index is 2.55. The molecule has 0 heterocycles. The minimum Gasteiger partial charge on any atom is -0.493 e. The van der Waals surface area contributed by atoms with Crippen molar-refractivity contribution in [3.8, 4) is 5.75 Å². The SMILES string of the molecule is CCCCOc1ccc(F)cc1CCCC(O)CO. The van der Waals surface area contributed by atoms with Gasteiger partial charge in [-0.3, -0.25) is 0 Å². The molecule has 3 nitrogen and oxygen atoms in total. The lowest BCUT2D eigenvalue weighted by molar-refractivity contribution is 0.0866. The second-order valence-corrected chi connectivity index (χ2v) is 4.68. The molecule has 0 saturated heterocycles. The van der Waals surface area contributed by atoms with Gasteiger partial charge < -0.3 is 14.9 Å². The number of rotatable bonds is 9. The molecule has 1 aromatic carbocycles. The van der Waals surface area contributed by atoms with Crippen molar-refractivity contribution in [2.24, 2.45) is 0 Å². The fourth-order valence-electron chi connectivity index (χ4n) is 1.83. The second kappa shape index (κ2) is 8.88. The summed E-state index contributed by atoms with van der Waals surface area (Å²) in [6.45, 7) is 2.49. The van der Waals surface area contributed by atoms with Crippen molar-refractivity contribution < 1.29 is 19.3 Å². The largest absolute Gasteiger partial charge is 0.493 e. The summed E-state index contributed by atoms with van der Waals surface area (Å²) in [4.78, 5) is 0. The van der Waals surface area contributed by atoms with Gasteiger partial charge in [0, 0.05) is 0 Å². The molecule has 4 heteroatoms. The van der Waals surface area contributed by atoms with E-state index in [1.165, 1.54) is 12.1 Å². The van der Waals surface area contributed by atoms with Crippen molar-refractivity contribution >= 4 is 0 Å². The molecule has 1 atom stereocenters.